The highest BCUT2D eigenvalue weighted by atomic mass is 79.9. The molecule has 0 radical (unpaired) electrons. The van der Waals surface area contributed by atoms with Crippen molar-refractivity contribution >= 4 is 15.9 Å². The summed E-state index contributed by atoms with van der Waals surface area (Å²) in [7, 11) is 0. The van der Waals surface area contributed by atoms with Gasteiger partial charge in [-0.25, -0.2) is 4.39 Å². The zero-order valence-electron chi connectivity index (χ0n) is 10.3. The Morgan fingerprint density at radius 3 is 2.53 bits per heavy atom. The van der Waals surface area contributed by atoms with Crippen molar-refractivity contribution in [1.29, 1.82) is 0 Å². The Morgan fingerprint density at radius 2 is 2.00 bits per heavy atom. The summed E-state index contributed by atoms with van der Waals surface area (Å²) in [5, 5.41) is 12.8. The second-order valence-corrected chi connectivity index (χ2v) is 5.01. The fourth-order valence-corrected chi connectivity index (χ4v) is 2.15. The number of rotatable bonds is 6. The smallest absolute Gasteiger partial charge is 0.137 e. The molecule has 2 nitrogen and oxygen atoms in total. The summed E-state index contributed by atoms with van der Waals surface area (Å²) in [5.74, 6) is -0.258. The second kappa shape index (κ2) is 6.47. The molecule has 0 saturated carbocycles. The molecule has 0 bridgehead atoms. The van der Waals surface area contributed by atoms with Gasteiger partial charge in [-0.05, 0) is 40.4 Å². The molecular formula is C13H19BrFNO. The summed E-state index contributed by atoms with van der Waals surface area (Å²) in [4.78, 5) is 0. The number of nitrogens with one attached hydrogen (secondary N) is 1. The quantitative estimate of drug-likeness (QED) is 0.846. The van der Waals surface area contributed by atoms with Crippen molar-refractivity contribution < 1.29 is 9.50 Å². The molecule has 1 rings (SSSR count). The van der Waals surface area contributed by atoms with Gasteiger partial charge in [0.15, 0.2) is 0 Å². The molecule has 1 aromatic rings. The Morgan fingerprint density at radius 1 is 1.35 bits per heavy atom. The standard InChI is InChI=1S/C13H19BrFNO/c1-3-13(4-2,9-17)16-8-10-6-5-7-11(15)12(10)14/h5-7,16-17H,3-4,8-9H2,1-2H3. The summed E-state index contributed by atoms with van der Waals surface area (Å²) in [6.07, 6.45) is 1.68. The Hall–Kier alpha value is -0.450. The number of benzene rings is 1. The molecule has 0 amide bonds. The third-order valence-electron chi connectivity index (χ3n) is 3.34. The molecular weight excluding hydrogens is 285 g/mol. The van der Waals surface area contributed by atoms with Gasteiger partial charge in [0.2, 0.25) is 0 Å². The molecule has 0 fully saturated rings. The minimum atomic E-state index is -0.272. The van der Waals surface area contributed by atoms with E-state index in [-0.39, 0.29) is 18.0 Å². The van der Waals surface area contributed by atoms with Gasteiger partial charge >= 0.3 is 0 Å². The Labute approximate surface area is 110 Å². The molecule has 4 heteroatoms. The van der Waals surface area contributed by atoms with Crippen molar-refractivity contribution in [3.05, 3.63) is 34.1 Å². The summed E-state index contributed by atoms with van der Waals surface area (Å²) >= 11 is 3.24. The minimum absolute atomic E-state index is 0.0902. The van der Waals surface area contributed by atoms with Gasteiger partial charge in [0.25, 0.3) is 0 Å². The summed E-state index contributed by atoms with van der Waals surface area (Å²) in [6.45, 7) is 4.70. The third kappa shape index (κ3) is 3.50. The van der Waals surface area contributed by atoms with Crippen LogP contribution in [0.4, 0.5) is 4.39 Å². The zero-order chi connectivity index (χ0) is 12.9. The maximum atomic E-state index is 13.3. The number of aliphatic hydroxyl groups is 1. The SMILES string of the molecule is CCC(CC)(CO)NCc1cccc(F)c1Br. The highest BCUT2D eigenvalue weighted by molar-refractivity contribution is 9.10. The van der Waals surface area contributed by atoms with Crippen molar-refractivity contribution in [1.82, 2.24) is 5.32 Å². The fourth-order valence-electron chi connectivity index (χ4n) is 1.75. The topological polar surface area (TPSA) is 32.3 Å². The maximum absolute atomic E-state index is 13.3. The lowest BCUT2D eigenvalue weighted by atomic mass is 9.93. The van der Waals surface area contributed by atoms with Gasteiger partial charge < -0.3 is 10.4 Å². The molecule has 0 unspecified atom stereocenters. The number of halogens is 2. The van der Waals surface area contributed by atoms with Gasteiger partial charge in [0.05, 0.1) is 11.1 Å². The lowest BCUT2D eigenvalue weighted by Gasteiger charge is -2.31. The number of aliphatic hydroxyl groups excluding tert-OH is 1. The van der Waals surface area contributed by atoms with Crippen LogP contribution in [0, 0.1) is 5.82 Å². The van der Waals surface area contributed by atoms with Crippen molar-refractivity contribution in [3.63, 3.8) is 0 Å². The minimum Gasteiger partial charge on any atom is -0.394 e. The van der Waals surface area contributed by atoms with E-state index in [1.54, 1.807) is 6.07 Å². The van der Waals surface area contributed by atoms with E-state index >= 15 is 0 Å². The van der Waals surface area contributed by atoms with Crippen LogP contribution in [0.5, 0.6) is 0 Å². The van der Waals surface area contributed by atoms with E-state index in [1.165, 1.54) is 6.07 Å². The molecule has 0 spiro atoms. The molecule has 0 aliphatic rings. The Kier molecular flexibility index (Phi) is 5.56. The monoisotopic (exact) mass is 303 g/mol. The zero-order valence-corrected chi connectivity index (χ0v) is 11.8. The van der Waals surface area contributed by atoms with Crippen molar-refractivity contribution in [2.24, 2.45) is 0 Å². The average molecular weight is 304 g/mol. The van der Waals surface area contributed by atoms with E-state index in [4.69, 9.17) is 0 Å². The Bertz CT molecular complexity index is 358. The van der Waals surface area contributed by atoms with Crippen LogP contribution in [0.2, 0.25) is 0 Å². The molecule has 0 aromatic heterocycles. The second-order valence-electron chi connectivity index (χ2n) is 4.21. The van der Waals surface area contributed by atoms with Crippen LogP contribution in [-0.2, 0) is 6.54 Å². The molecule has 0 heterocycles. The molecule has 0 atom stereocenters. The third-order valence-corrected chi connectivity index (χ3v) is 4.23. The predicted molar refractivity (Wildman–Crippen MR) is 71.3 cm³/mol. The first kappa shape index (κ1) is 14.6. The molecule has 96 valence electrons. The van der Waals surface area contributed by atoms with E-state index < -0.39 is 0 Å². The molecule has 2 N–H and O–H groups in total. The highest BCUT2D eigenvalue weighted by Crippen LogP contribution is 2.22. The maximum Gasteiger partial charge on any atom is 0.137 e. The summed E-state index contributed by atoms with van der Waals surface area (Å²) in [6, 6.07) is 4.98. The van der Waals surface area contributed by atoms with Crippen LogP contribution < -0.4 is 5.32 Å². The number of hydrogen-bond donors (Lipinski definition) is 2. The Balaban J connectivity index is 2.75. The number of hydrogen-bond acceptors (Lipinski definition) is 2. The van der Waals surface area contributed by atoms with Gasteiger partial charge in [0.1, 0.15) is 5.82 Å². The molecule has 1 aromatic carbocycles. The summed E-state index contributed by atoms with van der Waals surface area (Å²) < 4.78 is 13.8. The normalized spacial score (nSPS) is 11.8. The molecule has 0 saturated heterocycles. The van der Waals surface area contributed by atoms with Gasteiger partial charge in [-0.15, -0.1) is 0 Å². The molecule has 17 heavy (non-hydrogen) atoms. The van der Waals surface area contributed by atoms with Crippen LogP contribution in [0.3, 0.4) is 0 Å². The van der Waals surface area contributed by atoms with E-state index in [9.17, 15) is 9.50 Å². The average Bonchev–Trinajstić information content (AvgIpc) is 2.36. The van der Waals surface area contributed by atoms with E-state index in [0.717, 1.165) is 18.4 Å². The largest absolute Gasteiger partial charge is 0.394 e. The van der Waals surface area contributed by atoms with Gasteiger partial charge in [-0.3, -0.25) is 0 Å². The van der Waals surface area contributed by atoms with Crippen LogP contribution in [0.1, 0.15) is 32.3 Å². The van der Waals surface area contributed by atoms with Gasteiger partial charge in [-0.1, -0.05) is 26.0 Å². The molecule has 0 aliphatic carbocycles. The van der Waals surface area contributed by atoms with Crippen molar-refractivity contribution in [2.45, 2.75) is 38.8 Å². The van der Waals surface area contributed by atoms with E-state index in [0.29, 0.717) is 11.0 Å². The first-order valence-electron chi connectivity index (χ1n) is 5.87. The van der Waals surface area contributed by atoms with Crippen LogP contribution in [0.25, 0.3) is 0 Å². The molecule has 0 aliphatic heterocycles. The van der Waals surface area contributed by atoms with Crippen molar-refractivity contribution in [2.75, 3.05) is 6.61 Å². The highest BCUT2D eigenvalue weighted by Gasteiger charge is 2.24. The van der Waals surface area contributed by atoms with Crippen LogP contribution >= 0.6 is 15.9 Å². The predicted octanol–water partition coefficient (Wildman–Crippen LogP) is 3.23. The van der Waals surface area contributed by atoms with Gasteiger partial charge in [-0.2, -0.15) is 0 Å². The van der Waals surface area contributed by atoms with Crippen molar-refractivity contribution in [3.8, 4) is 0 Å². The van der Waals surface area contributed by atoms with Gasteiger partial charge in [0, 0.05) is 12.1 Å². The lowest BCUT2D eigenvalue weighted by molar-refractivity contribution is 0.149. The fraction of sp³-hybridized carbons (Fsp3) is 0.538. The lowest BCUT2D eigenvalue weighted by Crippen LogP contribution is -2.47. The van der Waals surface area contributed by atoms with Crippen LogP contribution in [-0.4, -0.2) is 17.3 Å². The van der Waals surface area contributed by atoms with E-state index in [1.807, 2.05) is 19.9 Å². The van der Waals surface area contributed by atoms with Crippen LogP contribution in [0.15, 0.2) is 22.7 Å². The van der Waals surface area contributed by atoms with E-state index in [2.05, 4.69) is 21.2 Å². The first-order valence-corrected chi connectivity index (χ1v) is 6.66. The summed E-state index contributed by atoms with van der Waals surface area (Å²) in [5.41, 5.74) is 0.593. The first-order chi connectivity index (χ1) is 8.08.